The second kappa shape index (κ2) is 5.10. The Morgan fingerprint density at radius 1 is 1.26 bits per heavy atom. The van der Waals surface area contributed by atoms with E-state index in [0.717, 1.165) is 0 Å². The number of aryl methyl sites for hydroxylation is 1. The van der Waals surface area contributed by atoms with Gasteiger partial charge in [0.1, 0.15) is 11.6 Å². The van der Waals surface area contributed by atoms with Crippen LogP contribution >= 0.6 is 0 Å². The Morgan fingerprint density at radius 2 is 1.95 bits per heavy atom. The van der Waals surface area contributed by atoms with E-state index in [0.29, 0.717) is 16.8 Å². The Hall–Kier alpha value is -2.36. The number of pyridine rings is 1. The van der Waals surface area contributed by atoms with Crippen LogP contribution in [-0.4, -0.2) is 22.2 Å². The minimum absolute atomic E-state index is 0.0429. The molecule has 0 aliphatic heterocycles. The van der Waals surface area contributed by atoms with Crippen LogP contribution in [-0.2, 0) is 0 Å². The topological polar surface area (TPSA) is 97.1 Å². The molecule has 94 valence electrons. The summed E-state index contributed by atoms with van der Waals surface area (Å²) in [5.74, 6) is 0. The van der Waals surface area contributed by atoms with Crippen LogP contribution in [0.4, 0.5) is 0 Å². The Kier molecular flexibility index (Phi) is 3.51. The minimum atomic E-state index is -1.66. The van der Waals surface area contributed by atoms with E-state index in [9.17, 15) is 14.8 Å². The molecule has 1 aromatic heterocycles. The molecule has 0 atom stereocenters. The molecular formula is C13H11BN2O3. The summed E-state index contributed by atoms with van der Waals surface area (Å²) in [5, 5.41) is 27.8. The average molecular weight is 254 g/mol. The van der Waals surface area contributed by atoms with Gasteiger partial charge in [0.25, 0.3) is 5.56 Å². The van der Waals surface area contributed by atoms with Crippen molar-refractivity contribution in [2.24, 2.45) is 0 Å². The van der Waals surface area contributed by atoms with E-state index in [4.69, 9.17) is 5.26 Å². The lowest BCUT2D eigenvalue weighted by molar-refractivity contribution is 0.426. The first-order valence-electron chi connectivity index (χ1n) is 5.64. The number of H-pyrrole nitrogens is 1. The molecule has 2 aromatic rings. The first-order chi connectivity index (χ1) is 9.04. The van der Waals surface area contributed by atoms with Gasteiger partial charge in [-0.05, 0) is 24.0 Å². The van der Waals surface area contributed by atoms with Crippen molar-refractivity contribution in [1.29, 1.82) is 5.26 Å². The highest BCUT2D eigenvalue weighted by Crippen LogP contribution is 2.20. The largest absolute Gasteiger partial charge is 0.489 e. The first-order valence-corrected chi connectivity index (χ1v) is 5.64. The fourth-order valence-electron chi connectivity index (χ4n) is 1.98. The number of nitrogens with one attached hydrogen (secondary N) is 1. The molecule has 0 unspecified atom stereocenters. The molecule has 0 aliphatic carbocycles. The van der Waals surface area contributed by atoms with Gasteiger partial charge in [-0.1, -0.05) is 24.3 Å². The van der Waals surface area contributed by atoms with Crippen molar-refractivity contribution in [3.63, 3.8) is 0 Å². The summed E-state index contributed by atoms with van der Waals surface area (Å²) >= 11 is 0. The number of hydrogen-bond acceptors (Lipinski definition) is 4. The fourth-order valence-corrected chi connectivity index (χ4v) is 1.98. The summed E-state index contributed by atoms with van der Waals surface area (Å²) < 4.78 is 0. The summed E-state index contributed by atoms with van der Waals surface area (Å²) in [6.45, 7) is 1.70. The third-order valence-electron chi connectivity index (χ3n) is 2.81. The lowest BCUT2D eigenvalue weighted by Crippen LogP contribution is -2.32. The Balaban J connectivity index is 2.80. The number of aromatic nitrogens is 1. The molecule has 1 heterocycles. The maximum Gasteiger partial charge on any atom is 0.489 e. The molecule has 0 amide bonds. The van der Waals surface area contributed by atoms with Gasteiger partial charge in [-0.25, -0.2) is 0 Å². The summed E-state index contributed by atoms with van der Waals surface area (Å²) in [7, 11) is -1.66. The van der Waals surface area contributed by atoms with E-state index < -0.39 is 12.7 Å². The van der Waals surface area contributed by atoms with E-state index >= 15 is 0 Å². The maximum atomic E-state index is 11.7. The third-order valence-corrected chi connectivity index (χ3v) is 2.81. The van der Waals surface area contributed by atoms with Gasteiger partial charge in [-0.3, -0.25) is 4.79 Å². The smallest absolute Gasteiger partial charge is 0.423 e. The van der Waals surface area contributed by atoms with Gasteiger partial charge in [-0.15, -0.1) is 0 Å². The van der Waals surface area contributed by atoms with Crippen LogP contribution in [0.15, 0.2) is 35.1 Å². The summed E-state index contributed by atoms with van der Waals surface area (Å²) in [6, 6.07) is 10.0. The van der Waals surface area contributed by atoms with Crippen molar-refractivity contribution in [3.05, 3.63) is 51.9 Å². The molecule has 2 rings (SSSR count). The van der Waals surface area contributed by atoms with Crippen LogP contribution in [0.3, 0.4) is 0 Å². The van der Waals surface area contributed by atoms with Crippen LogP contribution in [0.1, 0.15) is 11.3 Å². The summed E-state index contributed by atoms with van der Waals surface area (Å²) in [4.78, 5) is 14.3. The molecule has 0 spiro atoms. The Labute approximate surface area is 109 Å². The van der Waals surface area contributed by atoms with Gasteiger partial charge >= 0.3 is 7.12 Å². The number of nitrogens with zero attached hydrogens (tertiary/aromatic N) is 1. The fraction of sp³-hybridized carbons (Fsp3) is 0.0769. The second-order valence-corrected chi connectivity index (χ2v) is 4.14. The molecule has 1 aromatic carbocycles. The van der Waals surface area contributed by atoms with Crippen molar-refractivity contribution in [1.82, 2.24) is 4.98 Å². The highest BCUT2D eigenvalue weighted by Gasteiger charge is 2.19. The Bertz CT molecular complexity index is 717. The summed E-state index contributed by atoms with van der Waals surface area (Å²) in [6.07, 6.45) is 0. The number of aromatic amines is 1. The molecule has 0 radical (unpaired) electrons. The monoisotopic (exact) mass is 254 g/mol. The van der Waals surface area contributed by atoms with Crippen molar-refractivity contribution >= 4 is 12.6 Å². The van der Waals surface area contributed by atoms with Crippen LogP contribution in [0, 0.1) is 18.3 Å². The molecule has 5 nitrogen and oxygen atoms in total. The minimum Gasteiger partial charge on any atom is -0.423 e. The molecule has 6 heteroatoms. The number of rotatable bonds is 2. The maximum absolute atomic E-state index is 11.7. The lowest BCUT2D eigenvalue weighted by Gasteiger charge is -2.10. The van der Waals surface area contributed by atoms with Crippen molar-refractivity contribution in [2.75, 3.05) is 0 Å². The molecule has 19 heavy (non-hydrogen) atoms. The van der Waals surface area contributed by atoms with Crippen LogP contribution in [0.5, 0.6) is 0 Å². The van der Waals surface area contributed by atoms with E-state index in [1.165, 1.54) is 6.07 Å². The van der Waals surface area contributed by atoms with Gasteiger partial charge in [-0.2, -0.15) is 5.26 Å². The predicted octanol–water partition coefficient (Wildman–Crippen LogP) is -0.0982. The second-order valence-electron chi connectivity index (χ2n) is 4.14. The van der Waals surface area contributed by atoms with Crippen LogP contribution in [0.2, 0.25) is 0 Å². The number of nitriles is 1. The summed E-state index contributed by atoms with van der Waals surface area (Å²) in [5.41, 5.74) is 1.18. The zero-order chi connectivity index (χ0) is 14.0. The van der Waals surface area contributed by atoms with E-state index in [2.05, 4.69) is 4.98 Å². The van der Waals surface area contributed by atoms with E-state index in [1.54, 1.807) is 31.2 Å². The molecule has 0 saturated carbocycles. The predicted molar refractivity (Wildman–Crippen MR) is 71.8 cm³/mol. The van der Waals surface area contributed by atoms with E-state index in [-0.39, 0.29) is 11.0 Å². The molecule has 0 saturated heterocycles. The van der Waals surface area contributed by atoms with Gasteiger partial charge in [0.05, 0.1) is 0 Å². The zero-order valence-corrected chi connectivity index (χ0v) is 10.2. The normalized spacial score (nSPS) is 10.0. The van der Waals surface area contributed by atoms with Crippen molar-refractivity contribution in [3.8, 4) is 17.2 Å². The van der Waals surface area contributed by atoms with Crippen molar-refractivity contribution in [2.45, 2.75) is 6.92 Å². The zero-order valence-electron chi connectivity index (χ0n) is 10.2. The molecular weight excluding hydrogens is 243 g/mol. The van der Waals surface area contributed by atoms with Gasteiger partial charge in [0.2, 0.25) is 0 Å². The number of benzene rings is 1. The van der Waals surface area contributed by atoms with Crippen LogP contribution < -0.4 is 11.0 Å². The first kappa shape index (κ1) is 13.1. The van der Waals surface area contributed by atoms with E-state index in [1.807, 2.05) is 6.07 Å². The lowest BCUT2D eigenvalue weighted by atomic mass is 9.75. The number of hydrogen-bond donors (Lipinski definition) is 3. The standard InChI is InChI=1S/C13H11BN2O3/c1-8-6-10(11(7-15)13(17)16-8)9-4-2-3-5-12(9)14(18)19/h2-6,18-19H,1H3,(H,16,17). The average Bonchev–Trinajstić information content (AvgIpc) is 2.37. The quantitative estimate of drug-likeness (QED) is 0.652. The van der Waals surface area contributed by atoms with Gasteiger partial charge < -0.3 is 15.0 Å². The molecule has 0 aliphatic rings. The SMILES string of the molecule is Cc1cc(-c2ccccc2B(O)O)c(C#N)c(=O)[nH]1. The van der Waals surface area contributed by atoms with Gasteiger partial charge in [0, 0.05) is 11.3 Å². The van der Waals surface area contributed by atoms with Crippen molar-refractivity contribution < 1.29 is 10.0 Å². The Morgan fingerprint density at radius 3 is 2.58 bits per heavy atom. The third kappa shape index (κ3) is 2.43. The molecule has 3 N–H and O–H groups in total. The highest BCUT2D eigenvalue weighted by molar-refractivity contribution is 6.60. The molecule has 0 bridgehead atoms. The van der Waals surface area contributed by atoms with Gasteiger partial charge in [0.15, 0.2) is 0 Å². The molecule has 0 fully saturated rings. The highest BCUT2D eigenvalue weighted by atomic mass is 16.4. The van der Waals surface area contributed by atoms with Crippen LogP contribution in [0.25, 0.3) is 11.1 Å².